The minimum atomic E-state index is 0.523. The van der Waals surface area contributed by atoms with Gasteiger partial charge in [-0.3, -0.25) is 0 Å². The van der Waals surface area contributed by atoms with Crippen LogP contribution in [0.3, 0.4) is 0 Å². The van der Waals surface area contributed by atoms with Crippen molar-refractivity contribution in [1.29, 1.82) is 0 Å². The molecule has 0 radical (unpaired) electrons. The summed E-state index contributed by atoms with van der Waals surface area (Å²) in [7, 11) is 0. The number of nitrogens with two attached hydrogens (primary N) is 1. The first-order valence-electron chi connectivity index (χ1n) is 6.39. The number of aromatic nitrogens is 2. The van der Waals surface area contributed by atoms with E-state index in [1.54, 1.807) is 0 Å². The van der Waals surface area contributed by atoms with E-state index in [0.717, 1.165) is 17.7 Å². The Labute approximate surface area is 112 Å². The van der Waals surface area contributed by atoms with E-state index in [1.165, 1.54) is 10.8 Å². The first-order valence-corrected chi connectivity index (χ1v) is 6.39. The van der Waals surface area contributed by atoms with Gasteiger partial charge in [-0.2, -0.15) is 0 Å². The highest BCUT2D eigenvalue weighted by molar-refractivity contribution is 5.86. The number of benzene rings is 2. The Bertz CT molecular complexity index is 735. The van der Waals surface area contributed by atoms with Crippen molar-refractivity contribution in [1.82, 2.24) is 9.97 Å². The van der Waals surface area contributed by atoms with E-state index in [4.69, 9.17) is 5.73 Å². The molecule has 0 aliphatic rings. The van der Waals surface area contributed by atoms with Crippen LogP contribution in [0.5, 0.6) is 0 Å². The van der Waals surface area contributed by atoms with Crippen LogP contribution in [0, 0.1) is 0 Å². The van der Waals surface area contributed by atoms with E-state index in [9.17, 15) is 0 Å². The summed E-state index contributed by atoms with van der Waals surface area (Å²) in [4.78, 5) is 8.86. The topological polar surface area (TPSA) is 51.8 Å². The molecule has 0 saturated carbocycles. The van der Waals surface area contributed by atoms with Crippen LogP contribution in [0.15, 0.2) is 48.5 Å². The summed E-state index contributed by atoms with van der Waals surface area (Å²) in [5.41, 5.74) is 7.80. The average molecular weight is 249 g/mol. The van der Waals surface area contributed by atoms with E-state index < -0.39 is 0 Å². The Morgan fingerprint density at radius 2 is 1.74 bits per heavy atom. The van der Waals surface area contributed by atoms with E-state index in [2.05, 4.69) is 41.2 Å². The Morgan fingerprint density at radius 1 is 0.947 bits per heavy atom. The molecule has 3 heteroatoms. The van der Waals surface area contributed by atoms with Crippen LogP contribution in [0.1, 0.15) is 12.6 Å². The van der Waals surface area contributed by atoms with Crippen LogP contribution in [0.25, 0.3) is 22.2 Å². The zero-order valence-electron chi connectivity index (χ0n) is 10.8. The van der Waals surface area contributed by atoms with Gasteiger partial charge in [-0.1, -0.05) is 43.3 Å². The number of fused-ring (bicyclic) bond motifs is 1. The maximum atomic E-state index is 5.83. The minimum Gasteiger partial charge on any atom is -0.384 e. The van der Waals surface area contributed by atoms with Crippen LogP contribution in [-0.4, -0.2) is 9.97 Å². The third-order valence-corrected chi connectivity index (χ3v) is 3.17. The van der Waals surface area contributed by atoms with Gasteiger partial charge < -0.3 is 5.73 Å². The summed E-state index contributed by atoms with van der Waals surface area (Å²) in [6.45, 7) is 2.06. The van der Waals surface area contributed by atoms with Gasteiger partial charge in [0.15, 0.2) is 5.82 Å². The van der Waals surface area contributed by atoms with Crippen molar-refractivity contribution < 1.29 is 0 Å². The lowest BCUT2D eigenvalue weighted by atomic mass is 10.1. The summed E-state index contributed by atoms with van der Waals surface area (Å²) < 4.78 is 0. The summed E-state index contributed by atoms with van der Waals surface area (Å²) in [5, 5.41) is 2.40. The van der Waals surface area contributed by atoms with Crippen molar-refractivity contribution in [3.63, 3.8) is 0 Å². The highest BCUT2D eigenvalue weighted by Gasteiger charge is 2.05. The molecule has 0 amide bonds. The second-order valence-corrected chi connectivity index (χ2v) is 4.52. The van der Waals surface area contributed by atoms with Crippen molar-refractivity contribution in [2.24, 2.45) is 0 Å². The van der Waals surface area contributed by atoms with Crippen molar-refractivity contribution in [2.75, 3.05) is 5.73 Å². The molecule has 94 valence electrons. The average Bonchev–Trinajstić information content (AvgIpc) is 2.46. The fourth-order valence-corrected chi connectivity index (χ4v) is 2.16. The molecule has 0 aliphatic carbocycles. The van der Waals surface area contributed by atoms with Crippen LogP contribution < -0.4 is 5.73 Å². The van der Waals surface area contributed by atoms with Gasteiger partial charge >= 0.3 is 0 Å². The molecule has 3 nitrogen and oxygen atoms in total. The van der Waals surface area contributed by atoms with Crippen molar-refractivity contribution in [2.45, 2.75) is 13.3 Å². The second kappa shape index (κ2) is 4.69. The van der Waals surface area contributed by atoms with E-state index in [-0.39, 0.29) is 0 Å². The zero-order valence-corrected chi connectivity index (χ0v) is 10.8. The Hall–Kier alpha value is -2.42. The first kappa shape index (κ1) is 11.7. The SMILES string of the molecule is CCc1cc(N)nc(-c2ccc3ccccc3c2)n1. The molecule has 0 saturated heterocycles. The fraction of sp³-hybridized carbons (Fsp3) is 0.125. The molecule has 2 N–H and O–H groups in total. The summed E-state index contributed by atoms with van der Waals surface area (Å²) in [5.74, 6) is 1.22. The van der Waals surface area contributed by atoms with Gasteiger partial charge in [0.2, 0.25) is 0 Å². The monoisotopic (exact) mass is 249 g/mol. The maximum Gasteiger partial charge on any atom is 0.161 e. The third kappa shape index (κ3) is 2.27. The fourth-order valence-electron chi connectivity index (χ4n) is 2.16. The Balaban J connectivity index is 2.15. The van der Waals surface area contributed by atoms with Gasteiger partial charge in [-0.15, -0.1) is 0 Å². The second-order valence-electron chi connectivity index (χ2n) is 4.52. The molecular formula is C16H15N3. The molecular weight excluding hydrogens is 234 g/mol. The number of hydrogen-bond acceptors (Lipinski definition) is 3. The summed E-state index contributed by atoms with van der Waals surface area (Å²) in [6, 6.07) is 16.3. The molecule has 0 aliphatic heterocycles. The maximum absolute atomic E-state index is 5.83. The Kier molecular flexibility index (Phi) is 2.88. The molecule has 0 fully saturated rings. The van der Waals surface area contributed by atoms with Gasteiger partial charge in [0.1, 0.15) is 5.82 Å². The van der Waals surface area contributed by atoms with Crippen LogP contribution >= 0.6 is 0 Å². The first-order chi connectivity index (χ1) is 9.26. The lowest BCUT2D eigenvalue weighted by Crippen LogP contribution is -1.99. The standard InChI is InChI=1S/C16H15N3/c1-2-14-10-15(17)19-16(18-14)13-8-7-11-5-3-4-6-12(11)9-13/h3-10H,2H2,1H3,(H2,17,18,19). The molecule has 2 aromatic carbocycles. The number of hydrogen-bond donors (Lipinski definition) is 1. The lowest BCUT2D eigenvalue weighted by Gasteiger charge is -2.06. The summed E-state index contributed by atoms with van der Waals surface area (Å²) in [6.07, 6.45) is 0.854. The molecule has 0 bridgehead atoms. The largest absolute Gasteiger partial charge is 0.384 e. The number of aryl methyl sites for hydroxylation is 1. The van der Waals surface area contributed by atoms with Crippen molar-refractivity contribution in [3.8, 4) is 11.4 Å². The normalized spacial score (nSPS) is 10.8. The number of anilines is 1. The number of rotatable bonds is 2. The molecule has 0 spiro atoms. The van der Waals surface area contributed by atoms with Crippen molar-refractivity contribution >= 4 is 16.6 Å². The molecule has 0 atom stereocenters. The highest BCUT2D eigenvalue weighted by atomic mass is 14.9. The molecule has 1 heterocycles. The number of nitrogen functional groups attached to an aromatic ring is 1. The molecule has 3 aromatic rings. The lowest BCUT2D eigenvalue weighted by molar-refractivity contribution is 1.01. The summed E-state index contributed by atoms with van der Waals surface area (Å²) >= 11 is 0. The third-order valence-electron chi connectivity index (χ3n) is 3.17. The van der Waals surface area contributed by atoms with E-state index in [1.807, 2.05) is 24.3 Å². The van der Waals surface area contributed by atoms with E-state index >= 15 is 0 Å². The van der Waals surface area contributed by atoms with Gasteiger partial charge in [0.25, 0.3) is 0 Å². The van der Waals surface area contributed by atoms with Crippen LogP contribution in [-0.2, 0) is 6.42 Å². The van der Waals surface area contributed by atoms with Gasteiger partial charge in [-0.25, -0.2) is 9.97 Å². The molecule has 0 unspecified atom stereocenters. The highest BCUT2D eigenvalue weighted by Crippen LogP contribution is 2.22. The van der Waals surface area contributed by atoms with Crippen LogP contribution in [0.2, 0.25) is 0 Å². The molecule has 1 aromatic heterocycles. The predicted octanol–water partition coefficient (Wildman–Crippen LogP) is 3.44. The van der Waals surface area contributed by atoms with Gasteiger partial charge in [0, 0.05) is 17.3 Å². The predicted molar refractivity (Wildman–Crippen MR) is 78.8 cm³/mol. The van der Waals surface area contributed by atoms with E-state index in [0.29, 0.717) is 11.6 Å². The smallest absolute Gasteiger partial charge is 0.161 e. The van der Waals surface area contributed by atoms with Crippen molar-refractivity contribution in [3.05, 3.63) is 54.2 Å². The van der Waals surface area contributed by atoms with Gasteiger partial charge in [-0.05, 0) is 23.3 Å². The molecule has 3 rings (SSSR count). The number of nitrogens with zero attached hydrogens (tertiary/aromatic N) is 2. The molecule has 19 heavy (non-hydrogen) atoms. The van der Waals surface area contributed by atoms with Crippen LogP contribution in [0.4, 0.5) is 5.82 Å². The quantitative estimate of drug-likeness (QED) is 0.757. The van der Waals surface area contributed by atoms with Gasteiger partial charge in [0.05, 0.1) is 0 Å². The minimum absolute atomic E-state index is 0.523. The zero-order chi connectivity index (χ0) is 13.2. The Morgan fingerprint density at radius 3 is 2.53 bits per heavy atom.